The van der Waals surface area contributed by atoms with Crippen LogP contribution in [0.4, 0.5) is 0 Å². The van der Waals surface area contributed by atoms with E-state index in [0.29, 0.717) is 13.1 Å². The number of aliphatic carboxylic acids is 1. The Balaban J connectivity index is 2.31. The maximum absolute atomic E-state index is 10.2. The Bertz CT molecular complexity index is 110. The van der Waals surface area contributed by atoms with E-state index in [0.717, 1.165) is 6.54 Å². The van der Waals surface area contributed by atoms with E-state index in [1.165, 1.54) is 0 Å². The number of carbonyl (C=O) groups is 1. The fraction of sp³-hybridized carbons (Fsp3) is 0.800. The summed E-state index contributed by atoms with van der Waals surface area (Å²) >= 11 is 0. The molecule has 4 heteroatoms. The van der Waals surface area contributed by atoms with Gasteiger partial charge in [-0.15, -0.1) is 0 Å². The van der Waals surface area contributed by atoms with Crippen molar-refractivity contribution < 1.29 is 9.90 Å². The second kappa shape index (κ2) is 2.80. The summed E-state index contributed by atoms with van der Waals surface area (Å²) < 4.78 is 0. The summed E-state index contributed by atoms with van der Waals surface area (Å²) in [7, 11) is 0. The molecule has 0 aromatic heterocycles. The molecule has 0 saturated carbocycles. The largest absolute Gasteiger partial charge is 0.480 e. The summed E-state index contributed by atoms with van der Waals surface area (Å²) in [4.78, 5) is 10.2. The van der Waals surface area contributed by atoms with Crippen LogP contribution in [0.2, 0.25) is 0 Å². The van der Waals surface area contributed by atoms with Crippen LogP contribution in [0.3, 0.4) is 0 Å². The summed E-state index contributed by atoms with van der Waals surface area (Å²) in [6.45, 7) is 1.84. The van der Waals surface area contributed by atoms with Gasteiger partial charge in [0, 0.05) is 19.6 Å². The smallest absolute Gasteiger partial charge is 0.322 e. The third kappa shape index (κ3) is 1.65. The highest BCUT2D eigenvalue weighted by atomic mass is 16.4. The number of hydrogen-bond acceptors (Lipinski definition) is 2. The maximum Gasteiger partial charge on any atom is 0.322 e. The zero-order valence-electron chi connectivity index (χ0n) is 5.00. The standard InChI is InChI=1S/C5H9N2O2/c8-5(9)4-3-6-1-2-7-4/h4,7H,1-3H2,(H,8,9). The molecular weight excluding hydrogens is 120 g/mol. The van der Waals surface area contributed by atoms with Gasteiger partial charge < -0.3 is 10.4 Å². The first-order valence-electron chi connectivity index (χ1n) is 2.90. The van der Waals surface area contributed by atoms with Crippen LogP contribution in [-0.4, -0.2) is 36.8 Å². The van der Waals surface area contributed by atoms with Crippen molar-refractivity contribution in [3.63, 3.8) is 0 Å². The van der Waals surface area contributed by atoms with Crippen molar-refractivity contribution in [2.45, 2.75) is 6.04 Å². The minimum atomic E-state index is -0.807. The maximum atomic E-state index is 10.2. The van der Waals surface area contributed by atoms with Gasteiger partial charge in [0.25, 0.3) is 0 Å². The van der Waals surface area contributed by atoms with Crippen molar-refractivity contribution in [1.29, 1.82) is 0 Å². The van der Waals surface area contributed by atoms with Gasteiger partial charge in [-0.2, -0.15) is 0 Å². The van der Waals surface area contributed by atoms with Crippen molar-refractivity contribution in [2.75, 3.05) is 19.6 Å². The molecule has 1 fully saturated rings. The van der Waals surface area contributed by atoms with E-state index >= 15 is 0 Å². The lowest BCUT2D eigenvalue weighted by molar-refractivity contribution is -0.139. The summed E-state index contributed by atoms with van der Waals surface area (Å²) in [6.07, 6.45) is 0. The first kappa shape index (κ1) is 6.51. The van der Waals surface area contributed by atoms with E-state index in [2.05, 4.69) is 10.6 Å². The van der Waals surface area contributed by atoms with Crippen LogP contribution < -0.4 is 10.6 Å². The van der Waals surface area contributed by atoms with Crippen LogP contribution in [0.15, 0.2) is 0 Å². The lowest BCUT2D eigenvalue weighted by atomic mass is 10.2. The number of hydrogen-bond donors (Lipinski definition) is 2. The molecule has 2 N–H and O–H groups in total. The van der Waals surface area contributed by atoms with Gasteiger partial charge in [-0.25, -0.2) is 5.32 Å². The van der Waals surface area contributed by atoms with Crippen LogP contribution in [0.5, 0.6) is 0 Å². The summed E-state index contributed by atoms with van der Waals surface area (Å²) in [6, 6.07) is -0.446. The second-order valence-corrected chi connectivity index (χ2v) is 1.97. The van der Waals surface area contributed by atoms with Gasteiger partial charge in [0.15, 0.2) is 0 Å². The monoisotopic (exact) mass is 129 g/mol. The molecule has 1 aliphatic heterocycles. The Kier molecular flexibility index (Phi) is 2.02. The van der Waals surface area contributed by atoms with Crippen molar-refractivity contribution >= 4 is 5.97 Å². The summed E-state index contributed by atoms with van der Waals surface area (Å²) in [5, 5.41) is 15.2. The van der Waals surface area contributed by atoms with Gasteiger partial charge >= 0.3 is 5.97 Å². The molecule has 1 aliphatic rings. The zero-order valence-corrected chi connectivity index (χ0v) is 5.00. The van der Waals surface area contributed by atoms with Crippen LogP contribution >= 0.6 is 0 Å². The normalized spacial score (nSPS) is 27.8. The van der Waals surface area contributed by atoms with E-state index in [1.54, 1.807) is 0 Å². The third-order valence-electron chi connectivity index (χ3n) is 1.27. The minimum Gasteiger partial charge on any atom is -0.480 e. The highest BCUT2D eigenvalue weighted by Gasteiger charge is 2.18. The van der Waals surface area contributed by atoms with E-state index in [4.69, 9.17) is 5.11 Å². The Hall–Kier alpha value is -0.610. The molecule has 1 saturated heterocycles. The lowest BCUT2D eigenvalue weighted by Gasteiger charge is -2.18. The van der Waals surface area contributed by atoms with Crippen LogP contribution in [0.1, 0.15) is 0 Å². The van der Waals surface area contributed by atoms with E-state index in [1.807, 2.05) is 0 Å². The molecule has 4 nitrogen and oxygen atoms in total. The SMILES string of the molecule is O=C(O)C1C[N]CCN1. The molecule has 0 amide bonds. The molecule has 1 atom stereocenters. The predicted octanol–water partition coefficient (Wildman–Crippen LogP) is -1.35. The molecule has 1 radical (unpaired) electrons. The molecule has 1 heterocycles. The molecule has 51 valence electrons. The molecule has 0 aromatic rings. The van der Waals surface area contributed by atoms with Crippen LogP contribution in [0, 0.1) is 0 Å². The van der Waals surface area contributed by atoms with Crippen molar-refractivity contribution in [3.8, 4) is 0 Å². The average molecular weight is 129 g/mol. The predicted molar refractivity (Wildman–Crippen MR) is 31.3 cm³/mol. The molecule has 0 spiro atoms. The summed E-state index contributed by atoms with van der Waals surface area (Å²) in [5.74, 6) is -0.807. The summed E-state index contributed by atoms with van der Waals surface area (Å²) in [5.41, 5.74) is 0. The van der Waals surface area contributed by atoms with Crippen LogP contribution in [0.25, 0.3) is 0 Å². The fourth-order valence-electron chi connectivity index (χ4n) is 0.768. The molecule has 0 aliphatic carbocycles. The molecule has 1 rings (SSSR count). The minimum absolute atomic E-state index is 0.412. The van der Waals surface area contributed by atoms with Crippen molar-refractivity contribution in [2.24, 2.45) is 0 Å². The first-order valence-corrected chi connectivity index (χ1v) is 2.90. The van der Waals surface area contributed by atoms with Crippen LogP contribution in [-0.2, 0) is 4.79 Å². The second-order valence-electron chi connectivity index (χ2n) is 1.97. The van der Waals surface area contributed by atoms with Crippen molar-refractivity contribution in [1.82, 2.24) is 10.6 Å². The topological polar surface area (TPSA) is 63.4 Å². The van der Waals surface area contributed by atoms with Crippen molar-refractivity contribution in [3.05, 3.63) is 0 Å². The van der Waals surface area contributed by atoms with Gasteiger partial charge in [0.2, 0.25) is 0 Å². The highest BCUT2D eigenvalue weighted by molar-refractivity contribution is 5.73. The van der Waals surface area contributed by atoms with E-state index in [-0.39, 0.29) is 0 Å². The molecule has 9 heavy (non-hydrogen) atoms. The number of piperazine rings is 1. The number of carboxylic acid groups (broad SMARTS) is 1. The fourth-order valence-corrected chi connectivity index (χ4v) is 0.768. The number of nitrogens with zero attached hydrogens (tertiary/aromatic N) is 1. The van der Waals surface area contributed by atoms with Gasteiger partial charge in [-0.1, -0.05) is 0 Å². The van der Waals surface area contributed by atoms with Gasteiger partial charge in [0.1, 0.15) is 6.04 Å². The number of nitrogens with one attached hydrogen (secondary N) is 1. The lowest BCUT2D eigenvalue weighted by Crippen LogP contribution is -2.49. The Morgan fingerprint density at radius 3 is 2.89 bits per heavy atom. The number of rotatable bonds is 1. The Labute approximate surface area is 53.2 Å². The third-order valence-corrected chi connectivity index (χ3v) is 1.27. The van der Waals surface area contributed by atoms with Gasteiger partial charge in [-0.3, -0.25) is 4.79 Å². The molecular formula is C5H9N2O2. The quantitative estimate of drug-likeness (QED) is 0.460. The Morgan fingerprint density at radius 1 is 1.78 bits per heavy atom. The first-order chi connectivity index (χ1) is 4.30. The van der Waals surface area contributed by atoms with Gasteiger partial charge in [-0.05, 0) is 0 Å². The average Bonchev–Trinajstić information content (AvgIpc) is 1.90. The molecule has 0 bridgehead atoms. The van der Waals surface area contributed by atoms with E-state index < -0.39 is 12.0 Å². The van der Waals surface area contributed by atoms with Gasteiger partial charge in [0.05, 0.1) is 0 Å². The molecule has 0 aromatic carbocycles. The number of carboxylic acids is 1. The highest BCUT2D eigenvalue weighted by Crippen LogP contribution is 1.86. The van der Waals surface area contributed by atoms with E-state index in [9.17, 15) is 4.79 Å². The zero-order chi connectivity index (χ0) is 6.69. The molecule has 1 unspecified atom stereocenters. The Morgan fingerprint density at radius 2 is 2.56 bits per heavy atom.